The summed E-state index contributed by atoms with van der Waals surface area (Å²) in [6.45, 7) is 3.39. The van der Waals surface area contributed by atoms with E-state index < -0.39 is 0 Å². The van der Waals surface area contributed by atoms with E-state index in [1.807, 2.05) is 0 Å². The maximum Gasteiger partial charge on any atom is 0.175 e. The van der Waals surface area contributed by atoms with E-state index in [1.165, 1.54) is 24.0 Å². The molecule has 0 bridgehead atoms. The topological polar surface area (TPSA) is 44.5 Å². The van der Waals surface area contributed by atoms with Gasteiger partial charge < -0.3 is 15.2 Å². The summed E-state index contributed by atoms with van der Waals surface area (Å²) in [6.07, 6.45) is 5.50. The Morgan fingerprint density at radius 1 is 1.26 bits per heavy atom. The molecule has 0 amide bonds. The quantitative estimate of drug-likeness (QED) is 0.904. The molecule has 104 valence electrons. The van der Waals surface area contributed by atoms with Crippen molar-refractivity contribution in [1.29, 1.82) is 0 Å². The van der Waals surface area contributed by atoms with E-state index in [1.54, 1.807) is 0 Å². The molecular weight excluding hydrogens is 306 g/mol. The van der Waals surface area contributed by atoms with Crippen molar-refractivity contribution in [3.8, 4) is 11.5 Å². The second kappa shape index (κ2) is 4.98. The second-order valence-electron chi connectivity index (χ2n) is 5.46. The fourth-order valence-electron chi connectivity index (χ4n) is 3.25. The van der Waals surface area contributed by atoms with Gasteiger partial charge in [0.1, 0.15) is 13.2 Å². The fraction of sp³-hybridized carbons (Fsp3) is 0.600. The number of halogens is 1. The largest absolute Gasteiger partial charge is 0.486 e. The van der Waals surface area contributed by atoms with E-state index in [4.69, 9.17) is 15.2 Å². The van der Waals surface area contributed by atoms with Gasteiger partial charge in [0.25, 0.3) is 0 Å². The predicted octanol–water partition coefficient (Wildman–Crippen LogP) is 3.51. The van der Waals surface area contributed by atoms with Gasteiger partial charge in [0, 0.05) is 5.54 Å². The zero-order valence-electron chi connectivity index (χ0n) is 11.3. The monoisotopic (exact) mass is 325 g/mol. The van der Waals surface area contributed by atoms with E-state index in [0.717, 1.165) is 35.2 Å². The van der Waals surface area contributed by atoms with Crippen LogP contribution in [0.4, 0.5) is 0 Å². The highest BCUT2D eigenvalue weighted by molar-refractivity contribution is 9.10. The molecule has 1 saturated carbocycles. The minimum atomic E-state index is -0.191. The molecule has 1 aromatic carbocycles. The van der Waals surface area contributed by atoms with Crippen molar-refractivity contribution in [1.82, 2.24) is 0 Å². The lowest BCUT2D eigenvalue weighted by Gasteiger charge is -2.30. The van der Waals surface area contributed by atoms with E-state index >= 15 is 0 Å². The molecule has 0 radical (unpaired) electrons. The Kier molecular flexibility index (Phi) is 3.48. The Morgan fingerprint density at radius 3 is 2.63 bits per heavy atom. The van der Waals surface area contributed by atoms with Crippen molar-refractivity contribution in [2.45, 2.75) is 44.6 Å². The number of hydrogen-bond donors (Lipinski definition) is 1. The number of hydrogen-bond acceptors (Lipinski definition) is 3. The molecule has 0 unspecified atom stereocenters. The van der Waals surface area contributed by atoms with Gasteiger partial charge in [-0.3, -0.25) is 0 Å². The molecule has 1 aliphatic heterocycles. The highest BCUT2D eigenvalue weighted by Gasteiger charge is 2.35. The molecule has 4 heteroatoms. The number of rotatable bonds is 2. The van der Waals surface area contributed by atoms with Crippen LogP contribution >= 0.6 is 15.9 Å². The number of benzene rings is 1. The van der Waals surface area contributed by atoms with Crippen LogP contribution in [0.15, 0.2) is 10.5 Å². The van der Waals surface area contributed by atoms with Crippen LogP contribution in [-0.2, 0) is 12.0 Å². The number of nitrogens with two attached hydrogens (primary N) is 1. The third kappa shape index (κ3) is 2.15. The Morgan fingerprint density at radius 2 is 1.95 bits per heavy atom. The van der Waals surface area contributed by atoms with Gasteiger partial charge in [-0.15, -0.1) is 0 Å². The molecule has 2 aliphatic rings. The molecular formula is C15H20BrNO2. The van der Waals surface area contributed by atoms with Gasteiger partial charge in [-0.1, -0.05) is 19.8 Å². The highest BCUT2D eigenvalue weighted by Crippen LogP contribution is 2.47. The first-order chi connectivity index (χ1) is 9.15. The van der Waals surface area contributed by atoms with Gasteiger partial charge in [-0.05, 0) is 52.4 Å². The van der Waals surface area contributed by atoms with Gasteiger partial charge in [0.05, 0.1) is 4.47 Å². The lowest BCUT2D eigenvalue weighted by molar-refractivity contribution is 0.169. The van der Waals surface area contributed by atoms with Crippen molar-refractivity contribution in [2.75, 3.05) is 13.2 Å². The van der Waals surface area contributed by atoms with Crippen molar-refractivity contribution in [2.24, 2.45) is 5.73 Å². The van der Waals surface area contributed by atoms with Crippen LogP contribution < -0.4 is 15.2 Å². The van der Waals surface area contributed by atoms with Crippen LogP contribution in [-0.4, -0.2) is 13.2 Å². The third-order valence-electron chi connectivity index (χ3n) is 4.26. The van der Waals surface area contributed by atoms with Crippen molar-refractivity contribution >= 4 is 15.9 Å². The molecule has 1 aromatic rings. The summed E-state index contributed by atoms with van der Waals surface area (Å²) in [4.78, 5) is 0. The van der Waals surface area contributed by atoms with Crippen molar-refractivity contribution in [3.05, 3.63) is 21.7 Å². The molecule has 3 rings (SSSR count). The summed E-state index contributed by atoms with van der Waals surface area (Å²) in [5.41, 5.74) is 8.96. The SMILES string of the molecule is CCc1c(C2(N)CCCC2)cc2c(c1Br)OCCO2. The first-order valence-corrected chi connectivity index (χ1v) is 7.85. The average Bonchev–Trinajstić information content (AvgIpc) is 2.87. The van der Waals surface area contributed by atoms with E-state index in [0.29, 0.717) is 13.2 Å². The molecule has 3 nitrogen and oxygen atoms in total. The van der Waals surface area contributed by atoms with Crippen molar-refractivity contribution < 1.29 is 9.47 Å². The minimum Gasteiger partial charge on any atom is -0.486 e. The van der Waals surface area contributed by atoms with Crippen molar-refractivity contribution in [3.63, 3.8) is 0 Å². The molecule has 1 fully saturated rings. The summed E-state index contributed by atoms with van der Waals surface area (Å²) in [5, 5.41) is 0. The molecule has 1 heterocycles. The number of fused-ring (bicyclic) bond motifs is 1. The highest BCUT2D eigenvalue weighted by atomic mass is 79.9. The Hall–Kier alpha value is -0.740. The predicted molar refractivity (Wildman–Crippen MR) is 78.8 cm³/mol. The molecule has 0 aromatic heterocycles. The Bertz CT molecular complexity index is 495. The third-order valence-corrected chi connectivity index (χ3v) is 5.10. The van der Waals surface area contributed by atoms with Gasteiger partial charge in [0.15, 0.2) is 11.5 Å². The van der Waals surface area contributed by atoms with Gasteiger partial charge >= 0.3 is 0 Å². The molecule has 1 aliphatic carbocycles. The average molecular weight is 326 g/mol. The molecule has 0 atom stereocenters. The van der Waals surface area contributed by atoms with Crippen LogP contribution in [0.2, 0.25) is 0 Å². The minimum absolute atomic E-state index is 0.191. The lowest BCUT2D eigenvalue weighted by Crippen LogP contribution is -2.34. The first-order valence-electron chi connectivity index (χ1n) is 7.06. The Balaban J connectivity index is 2.15. The maximum atomic E-state index is 6.64. The zero-order valence-corrected chi connectivity index (χ0v) is 12.9. The smallest absolute Gasteiger partial charge is 0.175 e. The summed E-state index contributed by atoms with van der Waals surface area (Å²) < 4.78 is 12.5. The molecule has 2 N–H and O–H groups in total. The zero-order chi connectivity index (χ0) is 13.5. The van der Waals surface area contributed by atoms with Crippen LogP contribution in [0.5, 0.6) is 11.5 Å². The van der Waals surface area contributed by atoms with Crippen LogP contribution in [0.1, 0.15) is 43.7 Å². The summed E-state index contributed by atoms with van der Waals surface area (Å²) >= 11 is 3.69. The summed E-state index contributed by atoms with van der Waals surface area (Å²) in [6, 6.07) is 2.11. The van der Waals surface area contributed by atoms with E-state index in [9.17, 15) is 0 Å². The lowest BCUT2D eigenvalue weighted by atomic mass is 9.84. The summed E-state index contributed by atoms with van der Waals surface area (Å²) in [7, 11) is 0. The maximum absolute atomic E-state index is 6.64. The van der Waals surface area contributed by atoms with Crippen LogP contribution in [0, 0.1) is 0 Å². The van der Waals surface area contributed by atoms with Gasteiger partial charge in [0.2, 0.25) is 0 Å². The molecule has 19 heavy (non-hydrogen) atoms. The first kappa shape index (κ1) is 13.3. The fourth-order valence-corrected chi connectivity index (χ4v) is 4.05. The summed E-state index contributed by atoms with van der Waals surface area (Å²) in [5.74, 6) is 1.68. The molecule has 0 saturated heterocycles. The van der Waals surface area contributed by atoms with Gasteiger partial charge in [-0.25, -0.2) is 0 Å². The van der Waals surface area contributed by atoms with E-state index in [-0.39, 0.29) is 5.54 Å². The van der Waals surface area contributed by atoms with Crippen LogP contribution in [0.25, 0.3) is 0 Å². The van der Waals surface area contributed by atoms with E-state index in [2.05, 4.69) is 28.9 Å². The number of ether oxygens (including phenoxy) is 2. The Labute approximate surface area is 122 Å². The van der Waals surface area contributed by atoms with Gasteiger partial charge in [-0.2, -0.15) is 0 Å². The normalized spacial score (nSPS) is 20.6. The second-order valence-corrected chi connectivity index (χ2v) is 6.25. The molecule has 0 spiro atoms. The standard InChI is InChI=1S/C15H20BrNO2/c1-2-10-11(15(17)5-3-4-6-15)9-12-14(13(10)16)19-8-7-18-12/h9H,2-8,17H2,1H3. The van der Waals surface area contributed by atoms with Crippen LogP contribution in [0.3, 0.4) is 0 Å².